The Kier molecular flexibility index (Phi) is 15.5. The monoisotopic (exact) mass is 450 g/mol. The number of hydrogen-bond donors (Lipinski definition) is 4. The van der Waals surface area contributed by atoms with Crippen LogP contribution >= 0.6 is 0 Å². The molecule has 32 heavy (non-hydrogen) atoms. The maximum Gasteiger partial charge on any atom is 0.335 e. The van der Waals surface area contributed by atoms with Crippen molar-refractivity contribution in [2.75, 3.05) is 0 Å². The molecule has 0 aromatic carbocycles. The van der Waals surface area contributed by atoms with Gasteiger partial charge in [-0.3, -0.25) is 4.79 Å². The Labute approximate surface area is 193 Å². The second-order valence-electron chi connectivity index (χ2n) is 8.77. The number of carbonyl (C=O) groups is 2. The van der Waals surface area contributed by atoms with Crippen LogP contribution in [0.4, 0.5) is 0 Å². The van der Waals surface area contributed by atoms with Gasteiger partial charge in [-0.15, -0.1) is 0 Å². The van der Waals surface area contributed by atoms with E-state index in [-0.39, 0.29) is 6.42 Å². The van der Waals surface area contributed by atoms with Crippen molar-refractivity contribution in [1.82, 2.24) is 0 Å². The number of allylic oxidation sites excluding steroid dienone is 8. The third kappa shape index (κ3) is 14.1. The molecule has 1 unspecified atom stereocenters. The number of rotatable bonds is 16. The molecular weight excluding hydrogens is 408 g/mol. The number of carboxylic acid groups (broad SMARTS) is 1. The van der Waals surface area contributed by atoms with Crippen molar-refractivity contribution in [2.45, 2.75) is 104 Å². The number of carboxylic acids is 1. The number of Topliss-reactive ketones (excluding diaryl/α,β-unsaturated/α-hetero) is 1. The van der Waals surface area contributed by atoms with Gasteiger partial charge in [-0.05, 0) is 79.6 Å². The van der Waals surface area contributed by atoms with Gasteiger partial charge in [0.1, 0.15) is 12.2 Å². The van der Waals surface area contributed by atoms with E-state index in [1.165, 1.54) is 16.7 Å². The van der Waals surface area contributed by atoms with Gasteiger partial charge in [-0.2, -0.15) is 0 Å². The van der Waals surface area contributed by atoms with Gasteiger partial charge in [0, 0.05) is 6.42 Å². The molecule has 0 aliphatic carbocycles. The van der Waals surface area contributed by atoms with Crippen LogP contribution in [0.25, 0.3) is 0 Å². The number of carbonyl (C=O) groups excluding carboxylic acids is 1. The van der Waals surface area contributed by atoms with Crippen LogP contribution in [0, 0.1) is 0 Å². The lowest BCUT2D eigenvalue weighted by molar-refractivity contribution is -0.160. The van der Waals surface area contributed by atoms with Gasteiger partial charge in [0.25, 0.3) is 0 Å². The number of hydrogen-bond acceptors (Lipinski definition) is 5. The van der Waals surface area contributed by atoms with Crippen LogP contribution in [0.3, 0.4) is 0 Å². The zero-order valence-corrected chi connectivity index (χ0v) is 20.3. The molecule has 182 valence electrons. The van der Waals surface area contributed by atoms with Crippen LogP contribution in [-0.4, -0.2) is 50.5 Å². The Balaban J connectivity index is 4.26. The lowest BCUT2D eigenvalue weighted by atomic mass is 10.00. The summed E-state index contributed by atoms with van der Waals surface area (Å²) >= 11 is 0. The average Bonchev–Trinajstić information content (AvgIpc) is 2.71. The molecule has 0 rings (SSSR count). The highest BCUT2D eigenvalue weighted by atomic mass is 16.4. The molecule has 0 aliphatic rings. The molecule has 0 radical (unpaired) electrons. The lowest BCUT2D eigenvalue weighted by Crippen LogP contribution is -2.45. The molecule has 6 heteroatoms. The first-order valence-corrected chi connectivity index (χ1v) is 11.4. The minimum atomic E-state index is -2.19. The van der Waals surface area contributed by atoms with Crippen molar-refractivity contribution in [2.24, 2.45) is 0 Å². The van der Waals surface area contributed by atoms with Crippen molar-refractivity contribution in [3.8, 4) is 0 Å². The maximum absolute atomic E-state index is 11.9. The summed E-state index contributed by atoms with van der Waals surface area (Å²) in [5.41, 5.74) is 5.27. The van der Waals surface area contributed by atoms with Crippen molar-refractivity contribution in [3.05, 3.63) is 46.6 Å². The van der Waals surface area contributed by atoms with Crippen LogP contribution in [0.2, 0.25) is 0 Å². The third-order valence-corrected chi connectivity index (χ3v) is 5.27. The van der Waals surface area contributed by atoms with Crippen LogP contribution in [-0.2, 0) is 9.59 Å². The van der Waals surface area contributed by atoms with E-state index in [4.69, 9.17) is 5.11 Å². The Hall–Kier alpha value is -2.02. The number of aliphatic carboxylic acids is 1. The quantitative estimate of drug-likeness (QED) is 0.255. The fraction of sp³-hybridized carbons (Fsp3) is 0.615. The lowest BCUT2D eigenvalue weighted by Gasteiger charge is -2.18. The second kappa shape index (κ2) is 16.6. The maximum atomic E-state index is 11.9. The Morgan fingerprint density at radius 2 is 1.00 bits per heavy atom. The number of aliphatic hydroxyl groups excluding tert-OH is 3. The molecular formula is C26H42O6. The zero-order chi connectivity index (χ0) is 24.7. The summed E-state index contributed by atoms with van der Waals surface area (Å²) in [7, 11) is 0. The summed E-state index contributed by atoms with van der Waals surface area (Å²) in [6.45, 7) is 10.5. The summed E-state index contributed by atoms with van der Waals surface area (Å²) in [6.07, 6.45) is 9.03. The zero-order valence-electron chi connectivity index (χ0n) is 20.3. The van der Waals surface area contributed by atoms with Gasteiger partial charge in [-0.25, -0.2) is 4.79 Å². The second-order valence-corrected chi connectivity index (χ2v) is 8.77. The first-order chi connectivity index (χ1) is 15.0. The van der Waals surface area contributed by atoms with Crippen molar-refractivity contribution in [3.63, 3.8) is 0 Å². The minimum Gasteiger partial charge on any atom is -0.479 e. The molecule has 4 N–H and O–H groups in total. The largest absolute Gasteiger partial charge is 0.479 e. The predicted octanol–water partition coefficient (Wildman–Crippen LogP) is 4.65. The molecule has 0 saturated carbocycles. The van der Waals surface area contributed by atoms with Crippen LogP contribution in [0.5, 0.6) is 0 Å². The van der Waals surface area contributed by atoms with Crippen LogP contribution < -0.4 is 0 Å². The smallest absolute Gasteiger partial charge is 0.335 e. The average molecular weight is 451 g/mol. The summed E-state index contributed by atoms with van der Waals surface area (Å²) in [5.74, 6) is -2.38. The first kappa shape index (κ1) is 30.0. The third-order valence-electron chi connectivity index (χ3n) is 5.27. The van der Waals surface area contributed by atoms with E-state index in [9.17, 15) is 24.9 Å². The van der Waals surface area contributed by atoms with E-state index in [1.54, 1.807) is 0 Å². The van der Waals surface area contributed by atoms with E-state index in [0.29, 0.717) is 6.42 Å². The molecule has 0 bridgehead atoms. The highest BCUT2D eigenvalue weighted by molar-refractivity contribution is 5.85. The molecule has 0 spiro atoms. The van der Waals surface area contributed by atoms with Gasteiger partial charge in [0.05, 0.1) is 0 Å². The summed E-state index contributed by atoms with van der Waals surface area (Å²) in [5, 5.41) is 37.0. The standard InChI is InChI=1S/C26H42O6/c1-18(2)10-6-11-19(3)12-7-13-20(4)14-8-15-21(5)16-9-17-22(27)23(28)24(29)25(30)26(31)32/h10,12,14,16,23-25,28-30H,6-9,11,13,15,17H2,1-5H3,(H,31,32)/t23?,24-,25-/m0/s1. The summed E-state index contributed by atoms with van der Waals surface area (Å²) < 4.78 is 0. The minimum absolute atomic E-state index is 0.0317. The first-order valence-electron chi connectivity index (χ1n) is 11.4. The summed E-state index contributed by atoms with van der Waals surface area (Å²) in [4.78, 5) is 22.5. The molecule has 0 amide bonds. The van der Waals surface area contributed by atoms with Crippen molar-refractivity contribution in [1.29, 1.82) is 0 Å². The van der Waals surface area contributed by atoms with E-state index in [2.05, 4.69) is 45.9 Å². The Morgan fingerprint density at radius 3 is 1.38 bits per heavy atom. The predicted molar refractivity (Wildman–Crippen MR) is 128 cm³/mol. The van der Waals surface area contributed by atoms with Crippen LogP contribution in [0.15, 0.2) is 46.6 Å². The van der Waals surface area contributed by atoms with Crippen LogP contribution in [0.1, 0.15) is 86.0 Å². The van der Waals surface area contributed by atoms with Gasteiger partial charge >= 0.3 is 5.97 Å². The Morgan fingerprint density at radius 1 is 0.625 bits per heavy atom. The number of ketones is 1. The highest BCUT2D eigenvalue weighted by Crippen LogP contribution is 2.14. The fourth-order valence-electron chi connectivity index (χ4n) is 3.11. The van der Waals surface area contributed by atoms with E-state index in [1.807, 2.05) is 13.0 Å². The van der Waals surface area contributed by atoms with Gasteiger partial charge in [0.2, 0.25) is 0 Å². The summed E-state index contributed by atoms with van der Waals surface area (Å²) in [6, 6.07) is 0. The molecule has 0 saturated heterocycles. The molecule has 0 fully saturated rings. The molecule has 6 nitrogen and oxygen atoms in total. The molecule has 0 aromatic rings. The fourth-order valence-corrected chi connectivity index (χ4v) is 3.11. The van der Waals surface area contributed by atoms with E-state index in [0.717, 1.165) is 44.1 Å². The SMILES string of the molecule is CC(C)=CCCC(C)=CCCC(C)=CCCC(C)=CCCC(=O)C(O)[C@H](O)[C@H](O)C(=O)O. The van der Waals surface area contributed by atoms with Gasteiger partial charge in [0.15, 0.2) is 11.9 Å². The molecule has 0 aliphatic heterocycles. The molecule has 3 atom stereocenters. The van der Waals surface area contributed by atoms with E-state index >= 15 is 0 Å². The van der Waals surface area contributed by atoms with Gasteiger partial charge < -0.3 is 20.4 Å². The van der Waals surface area contributed by atoms with E-state index < -0.39 is 30.1 Å². The Bertz CT molecular complexity index is 710. The molecule has 0 aromatic heterocycles. The normalized spacial score (nSPS) is 15.8. The van der Waals surface area contributed by atoms with Crippen molar-refractivity contribution < 1.29 is 30.0 Å². The van der Waals surface area contributed by atoms with Crippen molar-refractivity contribution >= 4 is 11.8 Å². The molecule has 0 heterocycles. The number of aliphatic hydroxyl groups is 3. The van der Waals surface area contributed by atoms with Gasteiger partial charge in [-0.1, -0.05) is 46.6 Å². The highest BCUT2D eigenvalue weighted by Gasteiger charge is 2.33. The topological polar surface area (TPSA) is 115 Å².